The lowest BCUT2D eigenvalue weighted by molar-refractivity contribution is 0.0283. The Morgan fingerprint density at radius 2 is 2.13 bits per heavy atom. The van der Waals surface area contributed by atoms with Crippen molar-refractivity contribution in [1.29, 1.82) is 0 Å². The predicted octanol–water partition coefficient (Wildman–Crippen LogP) is 1.22. The van der Waals surface area contributed by atoms with E-state index in [2.05, 4.69) is 5.32 Å². The number of fused-ring (bicyclic) bond motifs is 1. The molecule has 86 valence electrons. The maximum Gasteiger partial charge on any atom is 0.410 e. The van der Waals surface area contributed by atoms with E-state index in [4.69, 9.17) is 4.74 Å². The molecule has 0 aliphatic carbocycles. The molecule has 2 saturated heterocycles. The molecule has 2 rings (SSSR count). The molecule has 4 nitrogen and oxygen atoms in total. The van der Waals surface area contributed by atoms with Crippen molar-refractivity contribution in [2.45, 2.75) is 38.8 Å². The molecule has 15 heavy (non-hydrogen) atoms. The van der Waals surface area contributed by atoms with Crippen molar-refractivity contribution >= 4 is 6.09 Å². The van der Waals surface area contributed by atoms with Gasteiger partial charge in [-0.1, -0.05) is 0 Å². The monoisotopic (exact) mass is 212 g/mol. The molecule has 1 unspecified atom stereocenters. The zero-order valence-corrected chi connectivity index (χ0v) is 9.75. The van der Waals surface area contributed by atoms with E-state index >= 15 is 0 Å². The van der Waals surface area contributed by atoms with Gasteiger partial charge >= 0.3 is 6.09 Å². The molecule has 0 radical (unpaired) electrons. The topological polar surface area (TPSA) is 41.6 Å². The van der Waals surface area contributed by atoms with Crippen LogP contribution in [0, 0.1) is 5.92 Å². The third-order valence-corrected chi connectivity index (χ3v) is 3.01. The number of ether oxygens (including phenoxy) is 1. The predicted molar refractivity (Wildman–Crippen MR) is 57.7 cm³/mol. The Hall–Kier alpha value is -0.770. The molecule has 0 aromatic rings. The van der Waals surface area contributed by atoms with Crippen LogP contribution in [-0.4, -0.2) is 42.3 Å². The van der Waals surface area contributed by atoms with Gasteiger partial charge < -0.3 is 15.0 Å². The lowest BCUT2D eigenvalue weighted by Gasteiger charge is -2.24. The van der Waals surface area contributed by atoms with Gasteiger partial charge in [0.2, 0.25) is 0 Å². The van der Waals surface area contributed by atoms with Crippen LogP contribution in [0.15, 0.2) is 0 Å². The molecule has 0 bridgehead atoms. The molecule has 2 aliphatic rings. The molecular formula is C11H20N2O2. The van der Waals surface area contributed by atoms with E-state index in [-0.39, 0.29) is 11.7 Å². The van der Waals surface area contributed by atoms with E-state index in [1.54, 1.807) is 0 Å². The van der Waals surface area contributed by atoms with Crippen LogP contribution in [0.25, 0.3) is 0 Å². The number of carbonyl (C=O) groups excluding carboxylic acids is 1. The number of nitrogens with one attached hydrogen (secondary N) is 1. The number of rotatable bonds is 0. The Kier molecular flexibility index (Phi) is 2.63. The summed E-state index contributed by atoms with van der Waals surface area (Å²) in [6, 6.07) is 0.498. The second-order valence-corrected chi connectivity index (χ2v) is 5.49. The van der Waals surface area contributed by atoms with Crippen LogP contribution in [0.4, 0.5) is 4.79 Å². The first kappa shape index (κ1) is 10.7. The molecule has 2 atom stereocenters. The van der Waals surface area contributed by atoms with Crippen LogP contribution in [-0.2, 0) is 4.74 Å². The zero-order chi connectivity index (χ0) is 11.1. The van der Waals surface area contributed by atoms with E-state index in [1.807, 2.05) is 25.7 Å². The largest absolute Gasteiger partial charge is 0.444 e. The van der Waals surface area contributed by atoms with E-state index in [9.17, 15) is 4.79 Å². The molecular weight excluding hydrogens is 192 g/mol. The lowest BCUT2D eigenvalue weighted by atomic mass is 10.1. The average Bonchev–Trinajstić information content (AvgIpc) is 2.56. The Morgan fingerprint density at radius 3 is 2.73 bits per heavy atom. The fourth-order valence-corrected chi connectivity index (χ4v) is 2.32. The van der Waals surface area contributed by atoms with Crippen LogP contribution in [0.5, 0.6) is 0 Å². The minimum absolute atomic E-state index is 0.168. The first-order valence-corrected chi connectivity index (χ1v) is 5.67. The number of likely N-dealkylation sites (tertiary alicyclic amines) is 1. The summed E-state index contributed by atoms with van der Waals surface area (Å²) in [6.07, 6.45) is 1.02. The Labute approximate surface area is 91.0 Å². The van der Waals surface area contributed by atoms with Gasteiger partial charge in [-0.05, 0) is 39.7 Å². The number of nitrogens with zero attached hydrogens (tertiary/aromatic N) is 1. The van der Waals surface area contributed by atoms with Crippen molar-refractivity contribution in [3.63, 3.8) is 0 Å². The van der Waals surface area contributed by atoms with Crippen molar-refractivity contribution in [3.05, 3.63) is 0 Å². The van der Waals surface area contributed by atoms with Crippen molar-refractivity contribution < 1.29 is 9.53 Å². The third kappa shape index (κ3) is 2.43. The summed E-state index contributed by atoms with van der Waals surface area (Å²) in [6.45, 7) is 8.46. The quantitative estimate of drug-likeness (QED) is 0.656. The Balaban J connectivity index is 1.88. The Morgan fingerprint density at radius 1 is 1.40 bits per heavy atom. The number of hydrogen-bond acceptors (Lipinski definition) is 3. The maximum atomic E-state index is 11.8. The van der Waals surface area contributed by atoms with Crippen molar-refractivity contribution in [2.24, 2.45) is 5.92 Å². The van der Waals surface area contributed by atoms with Crippen molar-refractivity contribution in [2.75, 3.05) is 19.6 Å². The van der Waals surface area contributed by atoms with E-state index in [0.29, 0.717) is 12.0 Å². The van der Waals surface area contributed by atoms with Crippen molar-refractivity contribution in [3.8, 4) is 0 Å². The fraction of sp³-hybridized carbons (Fsp3) is 0.909. The first-order valence-electron chi connectivity index (χ1n) is 5.67. The first-order chi connectivity index (χ1) is 6.96. The molecule has 1 N–H and O–H groups in total. The lowest BCUT2D eigenvalue weighted by Crippen LogP contribution is -2.37. The molecule has 0 aromatic heterocycles. The second-order valence-electron chi connectivity index (χ2n) is 5.49. The van der Waals surface area contributed by atoms with Gasteiger partial charge in [-0.2, -0.15) is 0 Å². The van der Waals surface area contributed by atoms with Gasteiger partial charge in [-0.15, -0.1) is 0 Å². The summed E-state index contributed by atoms with van der Waals surface area (Å²) >= 11 is 0. The van der Waals surface area contributed by atoms with Crippen LogP contribution >= 0.6 is 0 Å². The van der Waals surface area contributed by atoms with Crippen molar-refractivity contribution in [1.82, 2.24) is 10.2 Å². The van der Waals surface area contributed by atoms with Gasteiger partial charge in [0.25, 0.3) is 0 Å². The van der Waals surface area contributed by atoms with Crippen LogP contribution in [0.3, 0.4) is 0 Å². The molecule has 0 saturated carbocycles. The highest BCUT2D eigenvalue weighted by Crippen LogP contribution is 2.25. The number of amides is 1. The minimum Gasteiger partial charge on any atom is -0.444 e. The smallest absolute Gasteiger partial charge is 0.410 e. The van der Waals surface area contributed by atoms with E-state index in [1.165, 1.54) is 6.42 Å². The maximum absolute atomic E-state index is 11.8. The van der Waals surface area contributed by atoms with Gasteiger partial charge in [0.05, 0.1) is 0 Å². The summed E-state index contributed by atoms with van der Waals surface area (Å²) in [5, 5.41) is 3.42. The van der Waals surface area contributed by atoms with E-state index in [0.717, 1.165) is 19.6 Å². The summed E-state index contributed by atoms with van der Waals surface area (Å²) < 4.78 is 5.35. The summed E-state index contributed by atoms with van der Waals surface area (Å²) in [5.41, 5.74) is -0.387. The molecule has 0 aromatic carbocycles. The zero-order valence-electron chi connectivity index (χ0n) is 9.75. The summed E-state index contributed by atoms with van der Waals surface area (Å²) in [5.74, 6) is 0.637. The summed E-state index contributed by atoms with van der Waals surface area (Å²) in [7, 11) is 0. The van der Waals surface area contributed by atoms with Gasteiger partial charge in [-0.3, -0.25) is 0 Å². The average molecular weight is 212 g/mol. The third-order valence-electron chi connectivity index (χ3n) is 3.01. The highest BCUT2D eigenvalue weighted by Gasteiger charge is 2.39. The number of hydrogen-bond donors (Lipinski definition) is 1. The number of carbonyl (C=O) groups is 1. The van der Waals surface area contributed by atoms with Gasteiger partial charge in [0.15, 0.2) is 0 Å². The second kappa shape index (κ2) is 3.67. The van der Waals surface area contributed by atoms with E-state index < -0.39 is 0 Å². The fourth-order valence-electron chi connectivity index (χ4n) is 2.32. The molecule has 2 fully saturated rings. The minimum atomic E-state index is -0.387. The summed E-state index contributed by atoms with van der Waals surface area (Å²) in [4.78, 5) is 13.6. The molecule has 0 spiro atoms. The standard InChI is InChI=1S/C11H20N2O2/c1-11(2,3)15-10(14)13-6-8-4-5-12-9(8)7-13/h8-9,12H,4-7H2,1-3H3/t8-,9?/m0/s1. The molecule has 4 heteroatoms. The highest BCUT2D eigenvalue weighted by atomic mass is 16.6. The van der Waals surface area contributed by atoms with Crippen LogP contribution < -0.4 is 5.32 Å². The van der Waals surface area contributed by atoms with Gasteiger partial charge in [-0.25, -0.2) is 4.79 Å². The Bertz CT molecular complexity index is 248. The van der Waals surface area contributed by atoms with Crippen LogP contribution in [0.2, 0.25) is 0 Å². The molecule has 2 aliphatic heterocycles. The van der Waals surface area contributed by atoms with Crippen LogP contribution in [0.1, 0.15) is 27.2 Å². The SMILES string of the molecule is CC(C)(C)OC(=O)N1CC2NCC[C@H]2C1. The van der Waals surface area contributed by atoms with Gasteiger partial charge in [0.1, 0.15) is 5.60 Å². The molecule has 1 amide bonds. The highest BCUT2D eigenvalue weighted by molar-refractivity contribution is 5.68. The molecule has 2 heterocycles. The normalized spacial score (nSPS) is 30.5. The van der Waals surface area contributed by atoms with Gasteiger partial charge in [0, 0.05) is 19.1 Å².